The van der Waals surface area contributed by atoms with Gasteiger partial charge in [0.25, 0.3) is 0 Å². The molecule has 0 unspecified atom stereocenters. The molecule has 0 fully saturated rings. The molecule has 2 aromatic heterocycles. The van der Waals surface area contributed by atoms with E-state index in [0.29, 0.717) is 18.0 Å². The average molecular weight is 328 g/mol. The summed E-state index contributed by atoms with van der Waals surface area (Å²) in [7, 11) is 0. The van der Waals surface area contributed by atoms with Gasteiger partial charge < -0.3 is 10.3 Å². The van der Waals surface area contributed by atoms with E-state index in [2.05, 4.69) is 25.9 Å². The van der Waals surface area contributed by atoms with Crippen LogP contribution in [-0.4, -0.2) is 14.5 Å². The summed E-state index contributed by atoms with van der Waals surface area (Å²) < 4.78 is 2.82. The van der Waals surface area contributed by atoms with E-state index in [0.717, 1.165) is 15.6 Å². The highest BCUT2D eigenvalue weighted by molar-refractivity contribution is 9.10. The molecule has 0 aliphatic heterocycles. The Hall–Kier alpha value is -2.39. The minimum absolute atomic E-state index is 0.0786. The Morgan fingerprint density at radius 3 is 2.70 bits per heavy atom. The normalized spacial score (nSPS) is 10.6. The van der Waals surface area contributed by atoms with Crippen molar-refractivity contribution in [2.45, 2.75) is 6.54 Å². The fraction of sp³-hybridized carbons (Fsp3) is 0.0714. The molecule has 5 nitrogen and oxygen atoms in total. The topological polar surface area (TPSA) is 80.5 Å². The Morgan fingerprint density at radius 2 is 2.00 bits per heavy atom. The molecule has 0 bridgehead atoms. The molecule has 6 heteroatoms. The van der Waals surface area contributed by atoms with Gasteiger partial charge in [-0.2, -0.15) is 5.26 Å². The lowest BCUT2D eigenvalue weighted by molar-refractivity contribution is 0.804. The van der Waals surface area contributed by atoms with Gasteiger partial charge in [0, 0.05) is 0 Å². The first kappa shape index (κ1) is 12.6. The predicted octanol–water partition coefficient (Wildman–Crippen LogP) is 2.70. The van der Waals surface area contributed by atoms with Crippen LogP contribution in [0.15, 0.2) is 41.0 Å². The van der Waals surface area contributed by atoms with E-state index in [9.17, 15) is 0 Å². The maximum absolute atomic E-state index is 8.96. The van der Waals surface area contributed by atoms with Gasteiger partial charge in [0.15, 0.2) is 0 Å². The molecule has 0 saturated heterocycles. The van der Waals surface area contributed by atoms with Crippen molar-refractivity contribution in [3.63, 3.8) is 0 Å². The molecule has 3 aromatic rings. The smallest absolute Gasteiger partial charge is 0.236 e. The number of nitrogen functional groups attached to an aromatic ring is 1. The van der Waals surface area contributed by atoms with Crippen molar-refractivity contribution in [3.8, 4) is 6.07 Å². The maximum Gasteiger partial charge on any atom is 0.236 e. The largest absolute Gasteiger partial charge is 0.383 e. The summed E-state index contributed by atoms with van der Waals surface area (Å²) in [6.45, 7) is 0.645. The third-order valence-corrected chi connectivity index (χ3v) is 3.67. The number of hydrogen-bond acceptors (Lipinski definition) is 4. The van der Waals surface area contributed by atoms with Gasteiger partial charge >= 0.3 is 0 Å². The molecule has 0 spiro atoms. The second-order valence-electron chi connectivity index (χ2n) is 4.32. The maximum atomic E-state index is 8.96. The highest BCUT2D eigenvalue weighted by atomic mass is 79.9. The highest BCUT2D eigenvalue weighted by Crippen LogP contribution is 2.27. The summed E-state index contributed by atoms with van der Waals surface area (Å²) in [6.07, 6.45) is 0. The number of halogens is 1. The molecule has 0 saturated carbocycles. The van der Waals surface area contributed by atoms with Crippen molar-refractivity contribution in [3.05, 3.63) is 52.4 Å². The molecule has 2 heterocycles. The van der Waals surface area contributed by atoms with Crippen LogP contribution < -0.4 is 5.73 Å². The molecule has 0 aliphatic carbocycles. The Kier molecular flexibility index (Phi) is 3.12. The zero-order valence-corrected chi connectivity index (χ0v) is 12.0. The van der Waals surface area contributed by atoms with E-state index in [1.165, 1.54) is 0 Å². The van der Waals surface area contributed by atoms with Crippen LogP contribution in [-0.2, 0) is 6.54 Å². The van der Waals surface area contributed by atoms with Crippen molar-refractivity contribution in [1.82, 2.24) is 14.5 Å². The number of aromatic nitrogens is 3. The summed E-state index contributed by atoms with van der Waals surface area (Å²) in [6, 6.07) is 13.8. The molecule has 98 valence electrons. The minimum atomic E-state index is 0.0786. The number of nitrogens with zero attached hydrogens (tertiary/aromatic N) is 4. The monoisotopic (exact) mass is 327 g/mol. The molecule has 1 aromatic carbocycles. The second kappa shape index (κ2) is 4.94. The summed E-state index contributed by atoms with van der Waals surface area (Å²) in [4.78, 5) is 8.20. The van der Waals surface area contributed by atoms with Crippen molar-refractivity contribution >= 4 is 32.8 Å². The van der Waals surface area contributed by atoms with E-state index in [1.807, 2.05) is 47.0 Å². The van der Waals surface area contributed by atoms with Crippen LogP contribution in [0.5, 0.6) is 0 Å². The Morgan fingerprint density at radius 1 is 1.25 bits per heavy atom. The van der Waals surface area contributed by atoms with E-state index < -0.39 is 0 Å². The minimum Gasteiger partial charge on any atom is -0.383 e. The standard InChI is InChI=1S/C14H10BrN5/c15-11-6-10-13(17)18-12(7-16)19-14(10)20(11)8-9-4-2-1-3-5-9/h1-6H,8H2,(H2,17,18,19). The first-order chi connectivity index (χ1) is 9.69. The average Bonchev–Trinajstić information content (AvgIpc) is 2.77. The molecule has 0 radical (unpaired) electrons. The number of anilines is 1. The summed E-state index contributed by atoms with van der Waals surface area (Å²) in [5.74, 6) is 0.397. The van der Waals surface area contributed by atoms with Crippen molar-refractivity contribution in [2.24, 2.45) is 0 Å². The van der Waals surface area contributed by atoms with Gasteiger partial charge in [0.2, 0.25) is 5.82 Å². The van der Waals surface area contributed by atoms with Crippen molar-refractivity contribution in [1.29, 1.82) is 5.26 Å². The molecule has 0 atom stereocenters. The molecule has 0 amide bonds. The van der Waals surface area contributed by atoms with Crippen molar-refractivity contribution < 1.29 is 0 Å². The third-order valence-electron chi connectivity index (χ3n) is 3.02. The van der Waals surface area contributed by atoms with E-state index >= 15 is 0 Å². The van der Waals surface area contributed by atoms with Crippen LogP contribution in [0, 0.1) is 11.3 Å². The van der Waals surface area contributed by atoms with Gasteiger partial charge in [-0.25, -0.2) is 9.97 Å². The lowest BCUT2D eigenvalue weighted by Crippen LogP contribution is -2.03. The molecule has 2 N–H and O–H groups in total. The zero-order valence-electron chi connectivity index (χ0n) is 10.4. The van der Waals surface area contributed by atoms with Crippen LogP contribution in [0.2, 0.25) is 0 Å². The van der Waals surface area contributed by atoms with E-state index in [4.69, 9.17) is 11.0 Å². The fourth-order valence-corrected chi connectivity index (χ4v) is 2.61. The number of benzene rings is 1. The lowest BCUT2D eigenvalue weighted by atomic mass is 10.2. The Balaban J connectivity index is 2.18. The number of nitriles is 1. The summed E-state index contributed by atoms with van der Waals surface area (Å²) >= 11 is 3.50. The van der Waals surface area contributed by atoms with Gasteiger partial charge in [0.1, 0.15) is 17.5 Å². The number of fused-ring (bicyclic) bond motifs is 1. The quantitative estimate of drug-likeness (QED) is 0.784. The van der Waals surface area contributed by atoms with Crippen LogP contribution in [0.1, 0.15) is 11.4 Å². The second-order valence-corrected chi connectivity index (χ2v) is 5.13. The molecular formula is C14H10BrN5. The number of hydrogen-bond donors (Lipinski definition) is 1. The van der Waals surface area contributed by atoms with E-state index in [1.54, 1.807) is 0 Å². The van der Waals surface area contributed by atoms with Gasteiger partial charge in [-0.3, -0.25) is 0 Å². The molecule has 0 aliphatic rings. The summed E-state index contributed by atoms with van der Waals surface area (Å²) in [5, 5.41) is 9.70. The third kappa shape index (κ3) is 2.12. The SMILES string of the molecule is N#Cc1nc(N)c2cc(Br)n(Cc3ccccc3)c2n1. The Bertz CT molecular complexity index is 817. The first-order valence-electron chi connectivity index (χ1n) is 5.95. The predicted molar refractivity (Wildman–Crippen MR) is 79.9 cm³/mol. The van der Waals surface area contributed by atoms with Gasteiger partial charge in [-0.1, -0.05) is 30.3 Å². The van der Waals surface area contributed by atoms with Crippen LogP contribution in [0.25, 0.3) is 11.0 Å². The number of nitrogens with two attached hydrogens (primary N) is 1. The van der Waals surface area contributed by atoms with Gasteiger partial charge in [-0.05, 0) is 27.6 Å². The van der Waals surface area contributed by atoms with Crippen molar-refractivity contribution in [2.75, 3.05) is 5.73 Å². The van der Waals surface area contributed by atoms with Gasteiger partial charge in [-0.15, -0.1) is 0 Å². The lowest BCUT2D eigenvalue weighted by Gasteiger charge is -2.07. The molecular weight excluding hydrogens is 318 g/mol. The van der Waals surface area contributed by atoms with Crippen LogP contribution in [0.3, 0.4) is 0 Å². The van der Waals surface area contributed by atoms with Crippen LogP contribution >= 0.6 is 15.9 Å². The van der Waals surface area contributed by atoms with E-state index in [-0.39, 0.29) is 5.82 Å². The Labute approximate surface area is 123 Å². The summed E-state index contributed by atoms with van der Waals surface area (Å²) in [5.41, 5.74) is 7.67. The highest BCUT2D eigenvalue weighted by Gasteiger charge is 2.13. The number of rotatable bonds is 2. The van der Waals surface area contributed by atoms with Crippen LogP contribution in [0.4, 0.5) is 5.82 Å². The van der Waals surface area contributed by atoms with Gasteiger partial charge in [0.05, 0.1) is 16.5 Å². The molecule has 3 rings (SSSR count). The first-order valence-corrected chi connectivity index (χ1v) is 6.74. The zero-order chi connectivity index (χ0) is 14.1. The fourth-order valence-electron chi connectivity index (χ4n) is 2.08. The molecule has 20 heavy (non-hydrogen) atoms.